The lowest BCUT2D eigenvalue weighted by molar-refractivity contribution is -0.159. The number of alkyl halides is 2. The lowest BCUT2D eigenvalue weighted by Crippen LogP contribution is -2.57. The van der Waals surface area contributed by atoms with Crippen molar-refractivity contribution in [3.63, 3.8) is 0 Å². The number of benzene rings is 3. The molecule has 3 aromatic carbocycles. The normalized spacial score (nSPS) is 27.4. The minimum atomic E-state index is -1.35. The maximum atomic E-state index is 14.0. The van der Waals surface area contributed by atoms with Crippen LogP contribution in [0.2, 0.25) is 0 Å². The number of imide groups is 1. The Morgan fingerprint density at radius 1 is 0.775 bits per heavy atom. The van der Waals surface area contributed by atoms with Gasteiger partial charge in [0.1, 0.15) is 21.5 Å². The summed E-state index contributed by atoms with van der Waals surface area (Å²) in [6.45, 7) is 2.85. The van der Waals surface area contributed by atoms with E-state index in [2.05, 4.69) is 0 Å². The summed E-state index contributed by atoms with van der Waals surface area (Å²) in [7, 11) is 1.51. The number of hydrogen-bond donors (Lipinski definition) is 0. The Labute approximate surface area is 241 Å². The number of nitrogens with zero attached hydrogens (tertiary/aromatic N) is 1. The van der Waals surface area contributed by atoms with Crippen molar-refractivity contribution in [2.24, 2.45) is 11.8 Å². The minimum absolute atomic E-state index is 0.327. The molecule has 0 unspecified atom stereocenters. The third-order valence-corrected chi connectivity index (χ3v) is 9.67. The van der Waals surface area contributed by atoms with Crippen LogP contribution in [0.15, 0.2) is 72.8 Å². The van der Waals surface area contributed by atoms with Crippen LogP contribution in [-0.4, -0.2) is 47.7 Å². The van der Waals surface area contributed by atoms with E-state index in [1.807, 2.05) is 48.5 Å². The molecule has 4 aliphatic rings. The molecule has 0 spiro atoms. The van der Waals surface area contributed by atoms with Crippen LogP contribution in [0, 0.1) is 11.8 Å². The summed E-state index contributed by atoms with van der Waals surface area (Å²) in [5.74, 6) is -4.00. The topological polar surface area (TPSA) is 90.0 Å². The van der Waals surface area contributed by atoms with E-state index < -0.39 is 57.3 Å². The van der Waals surface area contributed by atoms with Gasteiger partial charge >= 0.3 is 5.97 Å². The van der Waals surface area contributed by atoms with Crippen molar-refractivity contribution in [2.45, 2.75) is 35.7 Å². The molecule has 1 saturated heterocycles. The summed E-state index contributed by atoms with van der Waals surface area (Å²) in [6.07, 6.45) is -1.15. The van der Waals surface area contributed by atoms with Gasteiger partial charge in [0.2, 0.25) is 17.6 Å². The average molecular weight is 578 g/mol. The van der Waals surface area contributed by atoms with Gasteiger partial charge < -0.3 is 9.47 Å². The highest BCUT2D eigenvalue weighted by molar-refractivity contribution is 6.36. The zero-order chi connectivity index (χ0) is 28.6. The van der Waals surface area contributed by atoms with Crippen LogP contribution < -0.4 is 4.74 Å². The molecule has 0 saturated carbocycles. The van der Waals surface area contributed by atoms with E-state index in [1.54, 1.807) is 24.3 Å². The zero-order valence-electron chi connectivity index (χ0n) is 21.9. The third-order valence-electron chi connectivity index (χ3n) is 8.38. The van der Waals surface area contributed by atoms with Gasteiger partial charge in [0.15, 0.2) is 6.10 Å². The summed E-state index contributed by atoms with van der Waals surface area (Å²) in [5.41, 5.74) is 3.01. The number of carbonyl (C=O) groups excluding carboxylic acids is 4. The number of rotatable bonds is 6. The van der Waals surface area contributed by atoms with Gasteiger partial charge in [0.25, 0.3) is 0 Å². The predicted molar refractivity (Wildman–Crippen MR) is 147 cm³/mol. The quantitative estimate of drug-likeness (QED) is 0.181. The second-order valence-corrected chi connectivity index (χ2v) is 11.6. The first-order valence-electron chi connectivity index (χ1n) is 12.9. The molecule has 2 amide bonds. The van der Waals surface area contributed by atoms with Crippen molar-refractivity contribution in [2.75, 3.05) is 7.11 Å². The summed E-state index contributed by atoms with van der Waals surface area (Å²) in [5, 5.41) is 0. The molecule has 204 valence electrons. The minimum Gasteiger partial charge on any atom is -0.497 e. The molecular weight excluding hydrogens is 553 g/mol. The van der Waals surface area contributed by atoms with E-state index in [1.165, 1.54) is 21.0 Å². The van der Waals surface area contributed by atoms with Crippen LogP contribution >= 0.6 is 23.2 Å². The SMILES string of the molecule is COc1ccc(C(=O)[C@H](C)OC(=O)[C@@H](C)N2C(=O)[C@@H]3[C@H](C2=O)C2(Cl)c4ccccc4C3(Cl)c3ccccc32)cc1. The number of ketones is 1. The molecule has 1 fully saturated rings. The van der Waals surface area contributed by atoms with Crippen molar-refractivity contribution < 1.29 is 28.7 Å². The zero-order valence-corrected chi connectivity index (χ0v) is 23.4. The molecule has 3 aromatic rings. The lowest BCUT2D eigenvalue weighted by atomic mass is 9.54. The first-order valence-corrected chi connectivity index (χ1v) is 13.7. The Balaban J connectivity index is 1.32. The Kier molecular flexibility index (Phi) is 6.09. The summed E-state index contributed by atoms with van der Waals surface area (Å²) < 4.78 is 10.6. The molecule has 3 aliphatic carbocycles. The van der Waals surface area contributed by atoms with Gasteiger partial charge in [0, 0.05) is 5.56 Å². The third kappa shape index (κ3) is 3.37. The number of hydrogen-bond acceptors (Lipinski definition) is 6. The lowest BCUT2D eigenvalue weighted by Gasteiger charge is -2.54. The number of halogens is 2. The Bertz CT molecular complexity index is 1460. The smallest absolute Gasteiger partial charge is 0.329 e. The first kappa shape index (κ1) is 26.5. The molecule has 7 rings (SSSR count). The highest BCUT2D eigenvalue weighted by Crippen LogP contribution is 2.69. The molecule has 40 heavy (non-hydrogen) atoms. The molecule has 9 heteroatoms. The van der Waals surface area contributed by atoms with Crippen LogP contribution in [0.1, 0.15) is 46.5 Å². The van der Waals surface area contributed by atoms with E-state index in [4.69, 9.17) is 32.7 Å². The van der Waals surface area contributed by atoms with E-state index in [-0.39, 0.29) is 0 Å². The van der Waals surface area contributed by atoms with Gasteiger partial charge in [-0.1, -0.05) is 48.5 Å². The molecule has 4 atom stereocenters. The number of esters is 1. The second-order valence-electron chi connectivity index (χ2n) is 10.4. The maximum absolute atomic E-state index is 14.0. The molecular formula is C31H25Cl2NO6. The molecule has 0 N–H and O–H groups in total. The fraction of sp³-hybridized carbons (Fsp3) is 0.290. The van der Waals surface area contributed by atoms with Crippen molar-refractivity contribution in [3.05, 3.63) is 101 Å². The average Bonchev–Trinajstić information content (AvgIpc) is 3.25. The summed E-state index contributed by atoms with van der Waals surface area (Å²) >= 11 is 14.8. The van der Waals surface area contributed by atoms with Crippen LogP contribution in [0.4, 0.5) is 0 Å². The molecule has 2 bridgehead atoms. The van der Waals surface area contributed by atoms with E-state index in [0.717, 1.165) is 4.90 Å². The van der Waals surface area contributed by atoms with Crippen LogP contribution in [0.3, 0.4) is 0 Å². The highest BCUT2D eigenvalue weighted by atomic mass is 35.5. The van der Waals surface area contributed by atoms with Gasteiger partial charge in [-0.2, -0.15) is 0 Å². The maximum Gasteiger partial charge on any atom is 0.329 e. The van der Waals surface area contributed by atoms with Gasteiger partial charge in [-0.05, 0) is 60.4 Å². The van der Waals surface area contributed by atoms with E-state index >= 15 is 0 Å². The molecule has 0 radical (unpaired) electrons. The standard InChI is InChI=1S/C31H25Cl2NO6/c1-16(29(38)40-17(2)26(35)18-12-14-19(39-3)15-13-18)34-27(36)24-25(28(34)37)31(33)21-9-5-4-8-20(21)30(24,32)22-10-6-7-11-23(22)31/h4-17,24-25H,1-3H3/t16-,17+,24-,25+,30?,31?/m1/s1. The predicted octanol–water partition coefficient (Wildman–Crippen LogP) is 4.79. The molecule has 1 aliphatic heterocycles. The van der Waals surface area contributed by atoms with Crippen molar-refractivity contribution in [1.82, 2.24) is 4.90 Å². The number of likely N-dealkylation sites (tertiary alicyclic amines) is 1. The van der Waals surface area contributed by atoms with Crippen molar-refractivity contribution >= 4 is 46.8 Å². The Hall–Kier alpha value is -3.68. The first-order chi connectivity index (χ1) is 19.1. The van der Waals surface area contributed by atoms with Crippen LogP contribution in [-0.2, 0) is 28.9 Å². The molecule has 1 heterocycles. The Morgan fingerprint density at radius 3 is 1.60 bits per heavy atom. The monoisotopic (exact) mass is 577 g/mol. The number of methoxy groups -OCH3 is 1. The Morgan fingerprint density at radius 2 is 1.20 bits per heavy atom. The molecule has 0 aromatic heterocycles. The number of Topliss-reactive ketones (excluding diaryl/α,β-unsaturated/α-hetero) is 1. The van der Waals surface area contributed by atoms with Crippen LogP contribution in [0.5, 0.6) is 5.75 Å². The van der Waals surface area contributed by atoms with Crippen molar-refractivity contribution in [3.8, 4) is 5.75 Å². The van der Waals surface area contributed by atoms with Gasteiger partial charge in [-0.3, -0.25) is 19.3 Å². The number of ether oxygens (including phenoxy) is 2. The fourth-order valence-corrected chi connectivity index (χ4v) is 7.59. The largest absolute Gasteiger partial charge is 0.497 e. The fourth-order valence-electron chi connectivity index (χ4n) is 6.49. The van der Waals surface area contributed by atoms with E-state index in [0.29, 0.717) is 33.6 Å². The van der Waals surface area contributed by atoms with Gasteiger partial charge in [0.05, 0.1) is 18.9 Å². The molecule has 7 nitrogen and oxygen atoms in total. The van der Waals surface area contributed by atoms with Gasteiger partial charge in [-0.25, -0.2) is 4.79 Å². The van der Waals surface area contributed by atoms with Crippen LogP contribution in [0.25, 0.3) is 0 Å². The van der Waals surface area contributed by atoms with E-state index in [9.17, 15) is 19.2 Å². The second kappa shape index (κ2) is 9.18. The van der Waals surface area contributed by atoms with Gasteiger partial charge in [-0.15, -0.1) is 23.2 Å². The summed E-state index contributed by atoms with van der Waals surface area (Å²) in [4.78, 5) is 52.4. The van der Waals surface area contributed by atoms with Crippen molar-refractivity contribution in [1.29, 1.82) is 0 Å². The summed E-state index contributed by atoms with van der Waals surface area (Å²) in [6, 6.07) is 19.7. The number of amides is 2. The highest BCUT2D eigenvalue weighted by Gasteiger charge is 2.73. The number of carbonyl (C=O) groups is 4.